The van der Waals surface area contributed by atoms with Crippen molar-refractivity contribution in [2.24, 2.45) is 0 Å². The maximum atomic E-state index is 13.4. The van der Waals surface area contributed by atoms with E-state index in [2.05, 4.69) is 31.9 Å². The average molecular weight is 421 g/mol. The van der Waals surface area contributed by atoms with Crippen molar-refractivity contribution in [3.05, 3.63) is 69.6 Å². The van der Waals surface area contributed by atoms with Gasteiger partial charge in [-0.3, -0.25) is 4.79 Å². The standard InChI is InChI=1S/C22H21ClN6O/c1-12-9-10-16(21(13(12)2)29-11-24-27-28-29)22(30)25-18-8-4-6-15-14-5-3-7-17(23)19(14)26-20(15)18/h3,5,7,9-11,18,26H,4,6,8H2,1-2H3,(H,25,30)/t18-/m1/s1. The van der Waals surface area contributed by atoms with Crippen LogP contribution in [0.2, 0.25) is 5.02 Å². The highest BCUT2D eigenvalue weighted by Gasteiger charge is 2.27. The van der Waals surface area contributed by atoms with Crippen molar-refractivity contribution in [1.29, 1.82) is 0 Å². The Balaban J connectivity index is 1.53. The van der Waals surface area contributed by atoms with Crippen LogP contribution in [-0.2, 0) is 6.42 Å². The molecule has 0 spiro atoms. The Kier molecular flexibility index (Phi) is 4.55. The number of aromatic amines is 1. The van der Waals surface area contributed by atoms with Crippen molar-refractivity contribution < 1.29 is 4.79 Å². The molecule has 0 saturated heterocycles. The lowest BCUT2D eigenvalue weighted by atomic mass is 9.91. The predicted molar refractivity (Wildman–Crippen MR) is 115 cm³/mol. The molecule has 0 unspecified atom stereocenters. The highest BCUT2D eigenvalue weighted by atomic mass is 35.5. The minimum atomic E-state index is -0.147. The molecule has 5 rings (SSSR count). The van der Waals surface area contributed by atoms with Crippen molar-refractivity contribution in [2.45, 2.75) is 39.2 Å². The van der Waals surface area contributed by atoms with Crippen LogP contribution in [0.1, 0.15) is 51.6 Å². The lowest BCUT2D eigenvalue weighted by Gasteiger charge is -2.24. The van der Waals surface area contributed by atoms with Crippen molar-refractivity contribution in [1.82, 2.24) is 30.5 Å². The van der Waals surface area contributed by atoms with Gasteiger partial charge in [-0.1, -0.05) is 29.8 Å². The number of fused-ring (bicyclic) bond motifs is 3. The van der Waals surface area contributed by atoms with Crippen LogP contribution in [0.5, 0.6) is 0 Å². The zero-order valence-corrected chi connectivity index (χ0v) is 17.5. The number of aryl methyl sites for hydroxylation is 2. The molecule has 152 valence electrons. The van der Waals surface area contributed by atoms with Crippen LogP contribution in [0.25, 0.3) is 16.6 Å². The summed E-state index contributed by atoms with van der Waals surface area (Å²) in [7, 11) is 0. The minimum absolute atomic E-state index is 0.104. The first-order valence-electron chi connectivity index (χ1n) is 9.98. The van der Waals surface area contributed by atoms with E-state index in [1.54, 1.807) is 4.68 Å². The fourth-order valence-electron chi connectivity index (χ4n) is 4.38. The number of para-hydroxylation sites is 1. The van der Waals surface area contributed by atoms with Gasteiger partial charge in [-0.05, 0) is 72.4 Å². The molecule has 0 bridgehead atoms. The van der Waals surface area contributed by atoms with Gasteiger partial charge in [0.2, 0.25) is 0 Å². The molecule has 2 aromatic carbocycles. The molecule has 7 nitrogen and oxygen atoms in total. The Morgan fingerprint density at radius 2 is 2.13 bits per heavy atom. The van der Waals surface area contributed by atoms with E-state index in [4.69, 9.17) is 11.6 Å². The molecule has 4 aromatic rings. The Bertz CT molecular complexity index is 1260. The van der Waals surface area contributed by atoms with Gasteiger partial charge in [0.1, 0.15) is 6.33 Å². The number of rotatable bonds is 3. The van der Waals surface area contributed by atoms with Crippen molar-refractivity contribution in [3.8, 4) is 5.69 Å². The summed E-state index contributed by atoms with van der Waals surface area (Å²) in [5, 5.41) is 16.5. The Morgan fingerprint density at radius 1 is 1.27 bits per heavy atom. The lowest BCUT2D eigenvalue weighted by Crippen LogP contribution is -2.32. The van der Waals surface area contributed by atoms with Crippen LogP contribution < -0.4 is 5.32 Å². The second kappa shape index (κ2) is 7.25. The van der Waals surface area contributed by atoms with Gasteiger partial charge in [-0.2, -0.15) is 4.68 Å². The fraction of sp³-hybridized carbons (Fsp3) is 0.273. The third kappa shape index (κ3) is 2.97. The van der Waals surface area contributed by atoms with Gasteiger partial charge in [0.25, 0.3) is 5.91 Å². The van der Waals surface area contributed by atoms with E-state index in [1.165, 1.54) is 11.9 Å². The maximum Gasteiger partial charge on any atom is 0.254 e. The van der Waals surface area contributed by atoms with Gasteiger partial charge < -0.3 is 10.3 Å². The number of hydrogen-bond acceptors (Lipinski definition) is 4. The highest BCUT2D eigenvalue weighted by molar-refractivity contribution is 6.35. The summed E-state index contributed by atoms with van der Waals surface area (Å²) in [5.74, 6) is -0.147. The van der Waals surface area contributed by atoms with E-state index >= 15 is 0 Å². The first-order valence-corrected chi connectivity index (χ1v) is 10.4. The Hall–Kier alpha value is -3.19. The van der Waals surface area contributed by atoms with Crippen molar-refractivity contribution >= 4 is 28.4 Å². The number of H-pyrrole nitrogens is 1. The molecule has 0 aliphatic heterocycles. The van der Waals surface area contributed by atoms with Gasteiger partial charge in [0.15, 0.2) is 0 Å². The van der Waals surface area contributed by atoms with Gasteiger partial charge in [0.05, 0.1) is 27.8 Å². The summed E-state index contributed by atoms with van der Waals surface area (Å²) in [5.41, 5.74) is 6.51. The molecular formula is C22H21ClN6O. The average Bonchev–Trinajstić information content (AvgIpc) is 3.39. The number of nitrogens with one attached hydrogen (secondary N) is 2. The highest BCUT2D eigenvalue weighted by Crippen LogP contribution is 2.37. The monoisotopic (exact) mass is 420 g/mol. The number of tetrazole rings is 1. The normalized spacial score (nSPS) is 15.9. The molecule has 0 radical (unpaired) electrons. The fourth-order valence-corrected chi connectivity index (χ4v) is 4.60. The molecule has 0 fully saturated rings. The van der Waals surface area contributed by atoms with Gasteiger partial charge >= 0.3 is 0 Å². The van der Waals surface area contributed by atoms with Gasteiger partial charge in [0, 0.05) is 11.1 Å². The number of amides is 1. The number of benzene rings is 2. The number of aromatic nitrogens is 5. The van der Waals surface area contributed by atoms with Crippen molar-refractivity contribution in [3.63, 3.8) is 0 Å². The summed E-state index contributed by atoms with van der Waals surface area (Å²) >= 11 is 6.40. The zero-order valence-electron chi connectivity index (χ0n) is 16.7. The number of hydrogen-bond donors (Lipinski definition) is 2. The van der Waals surface area contributed by atoms with Gasteiger partial charge in [-0.15, -0.1) is 5.10 Å². The molecule has 30 heavy (non-hydrogen) atoms. The molecule has 2 heterocycles. The number of carbonyl (C=O) groups excluding carboxylic acids is 1. The largest absolute Gasteiger partial charge is 0.355 e. The molecule has 0 saturated carbocycles. The van der Waals surface area contributed by atoms with E-state index < -0.39 is 0 Å². The zero-order chi connectivity index (χ0) is 20.8. The number of halogens is 1. The van der Waals surface area contributed by atoms with Crippen LogP contribution in [0.3, 0.4) is 0 Å². The van der Waals surface area contributed by atoms with Crippen LogP contribution >= 0.6 is 11.6 Å². The van der Waals surface area contributed by atoms with E-state index in [9.17, 15) is 4.79 Å². The Morgan fingerprint density at radius 3 is 2.93 bits per heavy atom. The topological polar surface area (TPSA) is 88.5 Å². The molecule has 2 aromatic heterocycles. The summed E-state index contributed by atoms with van der Waals surface area (Å²) < 4.78 is 1.55. The third-order valence-corrected chi connectivity index (χ3v) is 6.34. The third-order valence-electron chi connectivity index (χ3n) is 6.02. The van der Waals surface area contributed by atoms with Gasteiger partial charge in [-0.25, -0.2) is 0 Å². The van der Waals surface area contributed by atoms with Crippen LogP contribution in [0.4, 0.5) is 0 Å². The van der Waals surface area contributed by atoms with E-state index in [1.807, 2.05) is 38.1 Å². The van der Waals surface area contributed by atoms with E-state index in [0.29, 0.717) is 16.3 Å². The Labute approximate surface area is 178 Å². The van der Waals surface area contributed by atoms with Crippen molar-refractivity contribution in [2.75, 3.05) is 0 Å². The van der Waals surface area contributed by atoms with Crippen LogP contribution in [0, 0.1) is 13.8 Å². The van der Waals surface area contributed by atoms with Crippen LogP contribution in [0.15, 0.2) is 36.7 Å². The second-order valence-electron chi connectivity index (χ2n) is 7.76. The first kappa shape index (κ1) is 18.8. The van der Waals surface area contributed by atoms with Crippen LogP contribution in [-0.4, -0.2) is 31.1 Å². The number of nitrogens with zero attached hydrogens (tertiary/aromatic N) is 4. The molecule has 2 N–H and O–H groups in total. The van der Waals surface area contributed by atoms with E-state index in [0.717, 1.165) is 47.0 Å². The minimum Gasteiger partial charge on any atom is -0.355 e. The molecule has 8 heteroatoms. The molecular weight excluding hydrogens is 400 g/mol. The lowest BCUT2D eigenvalue weighted by molar-refractivity contribution is 0.0931. The predicted octanol–water partition coefficient (Wildman–Crippen LogP) is 4.22. The summed E-state index contributed by atoms with van der Waals surface area (Å²) in [4.78, 5) is 16.8. The summed E-state index contributed by atoms with van der Waals surface area (Å²) in [6, 6.07) is 9.61. The summed E-state index contributed by atoms with van der Waals surface area (Å²) in [6.45, 7) is 3.98. The first-order chi connectivity index (χ1) is 14.5. The number of carbonyl (C=O) groups is 1. The second-order valence-corrected chi connectivity index (χ2v) is 8.16. The molecule has 1 aliphatic carbocycles. The summed E-state index contributed by atoms with van der Waals surface area (Å²) in [6.07, 6.45) is 4.36. The quantitative estimate of drug-likeness (QED) is 0.519. The molecule has 1 aliphatic rings. The SMILES string of the molecule is Cc1ccc(C(=O)N[C@@H]2CCCc3c2[nH]c2c(Cl)cccc32)c(-n2cnnn2)c1C. The maximum absolute atomic E-state index is 13.4. The smallest absolute Gasteiger partial charge is 0.254 e. The van der Waals surface area contributed by atoms with E-state index in [-0.39, 0.29) is 11.9 Å². The molecule has 1 atom stereocenters. The molecule has 1 amide bonds.